The lowest BCUT2D eigenvalue weighted by Crippen LogP contribution is -2.45. The zero-order chi connectivity index (χ0) is 18.4. The molecule has 9 heteroatoms. The number of aromatic nitrogens is 3. The normalized spacial score (nSPS) is 15.9. The monoisotopic (exact) mass is 375 g/mol. The topological polar surface area (TPSA) is 89.5 Å². The molecule has 2 aromatic rings. The van der Waals surface area contributed by atoms with Crippen molar-refractivity contribution in [1.82, 2.24) is 30.3 Å². The summed E-state index contributed by atoms with van der Waals surface area (Å²) in [5.74, 6) is 2.15. The molecule has 0 aliphatic carbocycles. The Labute approximate surface area is 157 Å². The number of aliphatic imine (C=N–C) groups is 1. The molecule has 0 atom stereocenters. The first-order valence-electron chi connectivity index (χ1n) is 8.74. The average molecular weight is 376 g/mol. The van der Waals surface area contributed by atoms with Gasteiger partial charge in [0.15, 0.2) is 5.96 Å². The molecule has 1 aliphatic rings. The molecule has 0 spiro atoms. The number of nitrogens with one attached hydrogen (secondary N) is 2. The first-order chi connectivity index (χ1) is 12.6. The molecule has 1 fully saturated rings. The number of guanidine groups is 1. The van der Waals surface area contributed by atoms with Gasteiger partial charge in [0.2, 0.25) is 5.91 Å². The molecule has 1 saturated heterocycles. The lowest BCUT2D eigenvalue weighted by Gasteiger charge is -2.33. The lowest BCUT2D eigenvalue weighted by atomic mass is 9.96. The van der Waals surface area contributed by atoms with Crippen molar-refractivity contribution in [2.45, 2.75) is 25.3 Å². The molecular formula is C17H25N7OS. The summed E-state index contributed by atoms with van der Waals surface area (Å²) < 4.78 is 0. The van der Waals surface area contributed by atoms with Gasteiger partial charge in [-0.25, -0.2) is 9.98 Å². The number of nitrogens with zero attached hydrogens (tertiary/aromatic N) is 5. The summed E-state index contributed by atoms with van der Waals surface area (Å²) in [6.45, 7) is 2.62. The van der Waals surface area contributed by atoms with Crippen molar-refractivity contribution in [3.05, 3.63) is 34.5 Å². The number of hydrogen-bond donors (Lipinski definition) is 2. The van der Waals surface area contributed by atoms with Gasteiger partial charge in [-0.3, -0.25) is 9.89 Å². The zero-order valence-corrected chi connectivity index (χ0v) is 16.0. The number of hydrogen-bond acceptors (Lipinski definition) is 5. The van der Waals surface area contributed by atoms with Crippen LogP contribution in [0, 0.1) is 0 Å². The van der Waals surface area contributed by atoms with Crippen LogP contribution >= 0.6 is 11.3 Å². The Morgan fingerprint density at radius 3 is 2.88 bits per heavy atom. The first kappa shape index (κ1) is 18.4. The molecule has 3 rings (SSSR count). The number of likely N-dealkylation sites (N-methyl/N-ethyl adjacent to an activating group) is 1. The standard InChI is InChI=1S/C17H25N7OS/c1-23(2)15(25)11-19-17(18-10-14-4-3-9-26-14)24-7-5-13(6-8-24)16-20-12-21-22-16/h3-4,9,12-13H,5-8,10-11H2,1-2H3,(H,18,19)(H,20,21,22). The Balaban J connectivity index is 1.62. The van der Waals surface area contributed by atoms with E-state index in [2.05, 4.69) is 41.8 Å². The highest BCUT2D eigenvalue weighted by Gasteiger charge is 2.24. The van der Waals surface area contributed by atoms with Gasteiger partial charge >= 0.3 is 0 Å². The van der Waals surface area contributed by atoms with Crippen molar-refractivity contribution in [2.75, 3.05) is 33.7 Å². The molecule has 0 saturated carbocycles. The van der Waals surface area contributed by atoms with E-state index in [9.17, 15) is 4.79 Å². The number of carbonyl (C=O) groups excluding carboxylic acids is 1. The maximum atomic E-state index is 11.9. The number of H-pyrrole nitrogens is 1. The Morgan fingerprint density at radius 2 is 2.27 bits per heavy atom. The summed E-state index contributed by atoms with van der Waals surface area (Å²) in [4.78, 5) is 25.8. The van der Waals surface area contributed by atoms with Gasteiger partial charge < -0.3 is 15.1 Å². The van der Waals surface area contributed by atoms with Crippen LogP contribution in [0.5, 0.6) is 0 Å². The van der Waals surface area contributed by atoms with Crippen LogP contribution in [-0.4, -0.2) is 70.6 Å². The number of likely N-dealkylation sites (tertiary alicyclic amines) is 1. The van der Waals surface area contributed by atoms with Crippen molar-refractivity contribution >= 4 is 23.2 Å². The van der Waals surface area contributed by atoms with Gasteiger partial charge in [-0.2, -0.15) is 5.10 Å². The van der Waals surface area contributed by atoms with E-state index in [0.29, 0.717) is 12.5 Å². The predicted octanol–water partition coefficient (Wildman–Crippen LogP) is 1.28. The fourth-order valence-corrected chi connectivity index (χ4v) is 3.55. The number of aromatic amines is 1. The molecule has 8 nitrogen and oxygen atoms in total. The molecule has 140 valence electrons. The Kier molecular flexibility index (Phi) is 6.21. The minimum absolute atomic E-state index is 0.00281. The number of amides is 1. The van der Waals surface area contributed by atoms with Gasteiger partial charge in [0.25, 0.3) is 0 Å². The lowest BCUT2D eigenvalue weighted by molar-refractivity contribution is -0.127. The second-order valence-corrected chi connectivity index (χ2v) is 7.53. The van der Waals surface area contributed by atoms with Crippen LogP contribution in [0.1, 0.15) is 29.5 Å². The van der Waals surface area contributed by atoms with Crippen LogP contribution in [0.25, 0.3) is 0 Å². The van der Waals surface area contributed by atoms with E-state index in [1.165, 1.54) is 4.88 Å². The van der Waals surface area contributed by atoms with Crippen molar-refractivity contribution < 1.29 is 4.79 Å². The van der Waals surface area contributed by atoms with Gasteiger partial charge in [-0.05, 0) is 24.3 Å². The van der Waals surface area contributed by atoms with Crippen molar-refractivity contribution in [2.24, 2.45) is 4.99 Å². The fraction of sp³-hybridized carbons (Fsp3) is 0.529. The van der Waals surface area contributed by atoms with Crippen molar-refractivity contribution in [1.29, 1.82) is 0 Å². The number of piperidine rings is 1. The van der Waals surface area contributed by atoms with Crippen LogP contribution in [0.3, 0.4) is 0 Å². The second-order valence-electron chi connectivity index (χ2n) is 6.49. The van der Waals surface area contributed by atoms with E-state index in [1.54, 1.807) is 36.7 Å². The molecule has 2 N–H and O–H groups in total. The summed E-state index contributed by atoms with van der Waals surface area (Å²) in [5, 5.41) is 12.4. The Bertz CT molecular complexity index is 704. The second kappa shape index (κ2) is 8.79. The third-order valence-electron chi connectivity index (χ3n) is 4.48. The fourth-order valence-electron chi connectivity index (χ4n) is 2.91. The highest BCUT2D eigenvalue weighted by atomic mass is 32.1. The molecule has 0 radical (unpaired) electrons. The number of carbonyl (C=O) groups is 1. The van der Waals surface area contributed by atoms with Crippen LogP contribution in [0.4, 0.5) is 0 Å². The first-order valence-corrected chi connectivity index (χ1v) is 9.62. The molecule has 1 aliphatic heterocycles. The molecule has 26 heavy (non-hydrogen) atoms. The van der Waals surface area contributed by atoms with Gasteiger partial charge in [-0.15, -0.1) is 11.3 Å². The molecule has 0 bridgehead atoms. The van der Waals surface area contributed by atoms with Crippen LogP contribution in [0.15, 0.2) is 28.8 Å². The minimum atomic E-state index is -0.00281. The summed E-state index contributed by atoms with van der Waals surface area (Å²) in [5.41, 5.74) is 0. The highest BCUT2D eigenvalue weighted by molar-refractivity contribution is 7.09. The third-order valence-corrected chi connectivity index (χ3v) is 5.35. The summed E-state index contributed by atoms with van der Waals surface area (Å²) >= 11 is 1.71. The molecule has 2 aromatic heterocycles. The van der Waals surface area contributed by atoms with Crippen LogP contribution in [-0.2, 0) is 11.3 Å². The van der Waals surface area contributed by atoms with E-state index < -0.39 is 0 Å². The van der Waals surface area contributed by atoms with Gasteiger partial charge in [0.05, 0.1) is 6.54 Å². The summed E-state index contributed by atoms with van der Waals surface area (Å²) in [6, 6.07) is 4.13. The van der Waals surface area contributed by atoms with Gasteiger partial charge in [0, 0.05) is 38.0 Å². The number of rotatable bonds is 5. The average Bonchev–Trinajstić information content (AvgIpc) is 3.35. The van der Waals surface area contributed by atoms with E-state index in [4.69, 9.17) is 0 Å². The maximum absolute atomic E-state index is 11.9. The van der Waals surface area contributed by atoms with Crippen molar-refractivity contribution in [3.63, 3.8) is 0 Å². The van der Waals surface area contributed by atoms with Crippen LogP contribution in [0.2, 0.25) is 0 Å². The zero-order valence-electron chi connectivity index (χ0n) is 15.2. The number of thiophene rings is 1. The SMILES string of the molecule is CN(C)C(=O)CN=C(NCc1cccs1)N1CCC(c2ncn[nH]2)CC1. The highest BCUT2D eigenvalue weighted by Crippen LogP contribution is 2.25. The van der Waals surface area contributed by atoms with E-state index >= 15 is 0 Å². The van der Waals surface area contributed by atoms with Gasteiger partial charge in [0.1, 0.15) is 18.7 Å². The quantitative estimate of drug-likeness (QED) is 0.607. The minimum Gasteiger partial charge on any atom is -0.351 e. The van der Waals surface area contributed by atoms with E-state index in [0.717, 1.165) is 37.7 Å². The molecule has 0 unspecified atom stereocenters. The molecule has 3 heterocycles. The smallest absolute Gasteiger partial charge is 0.243 e. The largest absolute Gasteiger partial charge is 0.351 e. The third kappa shape index (κ3) is 4.81. The van der Waals surface area contributed by atoms with Crippen LogP contribution < -0.4 is 5.32 Å². The molecule has 0 aromatic carbocycles. The summed E-state index contributed by atoms with van der Waals surface area (Å²) in [7, 11) is 3.50. The summed E-state index contributed by atoms with van der Waals surface area (Å²) in [6.07, 6.45) is 3.52. The maximum Gasteiger partial charge on any atom is 0.243 e. The molecule has 1 amide bonds. The van der Waals surface area contributed by atoms with E-state index in [1.807, 2.05) is 6.07 Å². The van der Waals surface area contributed by atoms with Gasteiger partial charge in [-0.1, -0.05) is 6.07 Å². The van der Waals surface area contributed by atoms with Crippen molar-refractivity contribution in [3.8, 4) is 0 Å². The predicted molar refractivity (Wildman–Crippen MR) is 102 cm³/mol. The van der Waals surface area contributed by atoms with E-state index in [-0.39, 0.29) is 12.5 Å². The Morgan fingerprint density at radius 1 is 1.46 bits per heavy atom. The molecular weight excluding hydrogens is 350 g/mol. The Hall–Kier alpha value is -2.42.